The molecular formula is C20H31N5S. The van der Waals surface area contributed by atoms with Crippen molar-refractivity contribution in [1.82, 2.24) is 15.6 Å². The Hall–Kier alpha value is -2.08. The second kappa shape index (κ2) is 10.2. The van der Waals surface area contributed by atoms with Crippen molar-refractivity contribution in [3.8, 4) is 0 Å². The van der Waals surface area contributed by atoms with Crippen LogP contribution in [-0.4, -0.2) is 30.6 Å². The second-order valence-electron chi connectivity index (χ2n) is 6.99. The van der Waals surface area contributed by atoms with E-state index in [2.05, 4.69) is 71.1 Å². The van der Waals surface area contributed by atoms with E-state index in [0.717, 1.165) is 28.9 Å². The van der Waals surface area contributed by atoms with Gasteiger partial charge in [0.05, 0.1) is 12.2 Å². The van der Waals surface area contributed by atoms with Gasteiger partial charge in [0.1, 0.15) is 5.01 Å². The molecule has 6 heteroatoms. The number of guanidine groups is 1. The standard InChI is InChI=1S/C20H31N5S/c1-14(2)17(24-16-9-7-6-8-10-16)11-22-20(21-5)23-12-19-25-18(13-26-19)15(3)4/h6-10,13-15,17,24H,11-12H2,1-5H3,(H2,21,22,23). The number of anilines is 1. The van der Waals surface area contributed by atoms with Crippen LogP contribution in [0.5, 0.6) is 0 Å². The van der Waals surface area contributed by atoms with Crippen LogP contribution in [0, 0.1) is 5.92 Å². The van der Waals surface area contributed by atoms with Crippen molar-refractivity contribution in [3.05, 3.63) is 46.4 Å². The molecule has 0 aliphatic carbocycles. The minimum absolute atomic E-state index is 0.309. The molecule has 2 aromatic rings. The molecule has 1 aromatic carbocycles. The van der Waals surface area contributed by atoms with Gasteiger partial charge in [0.15, 0.2) is 5.96 Å². The highest BCUT2D eigenvalue weighted by Crippen LogP contribution is 2.17. The lowest BCUT2D eigenvalue weighted by molar-refractivity contribution is 0.512. The smallest absolute Gasteiger partial charge is 0.191 e. The maximum absolute atomic E-state index is 4.66. The molecule has 5 nitrogen and oxygen atoms in total. The summed E-state index contributed by atoms with van der Waals surface area (Å²) in [5.74, 6) is 1.76. The summed E-state index contributed by atoms with van der Waals surface area (Å²) in [7, 11) is 1.80. The van der Waals surface area contributed by atoms with E-state index in [9.17, 15) is 0 Å². The average Bonchev–Trinajstić information content (AvgIpc) is 3.11. The molecule has 0 radical (unpaired) electrons. The third-order valence-electron chi connectivity index (χ3n) is 4.21. The quantitative estimate of drug-likeness (QED) is 0.482. The second-order valence-corrected chi connectivity index (χ2v) is 7.93. The Kier molecular flexibility index (Phi) is 7.91. The van der Waals surface area contributed by atoms with Crippen molar-refractivity contribution in [2.75, 3.05) is 18.9 Å². The van der Waals surface area contributed by atoms with Gasteiger partial charge in [0.2, 0.25) is 0 Å². The summed E-state index contributed by atoms with van der Waals surface area (Å²) in [6.07, 6.45) is 0. The number of rotatable bonds is 8. The Morgan fingerprint density at radius 1 is 1.12 bits per heavy atom. The number of para-hydroxylation sites is 1. The van der Waals surface area contributed by atoms with Crippen LogP contribution >= 0.6 is 11.3 Å². The fourth-order valence-corrected chi connectivity index (χ4v) is 3.36. The van der Waals surface area contributed by atoms with Crippen LogP contribution in [0.25, 0.3) is 0 Å². The molecular weight excluding hydrogens is 342 g/mol. The highest BCUT2D eigenvalue weighted by molar-refractivity contribution is 7.09. The van der Waals surface area contributed by atoms with Crippen LogP contribution < -0.4 is 16.0 Å². The highest BCUT2D eigenvalue weighted by atomic mass is 32.1. The van der Waals surface area contributed by atoms with Gasteiger partial charge in [-0.05, 0) is 24.0 Å². The first-order chi connectivity index (χ1) is 12.5. The Labute approximate surface area is 161 Å². The molecule has 26 heavy (non-hydrogen) atoms. The van der Waals surface area contributed by atoms with E-state index in [0.29, 0.717) is 24.4 Å². The largest absolute Gasteiger partial charge is 0.380 e. The lowest BCUT2D eigenvalue weighted by atomic mass is 10.0. The van der Waals surface area contributed by atoms with Crippen molar-refractivity contribution in [1.29, 1.82) is 0 Å². The summed E-state index contributed by atoms with van der Waals surface area (Å²) in [5, 5.41) is 13.6. The fourth-order valence-electron chi connectivity index (χ4n) is 2.46. The first-order valence-corrected chi connectivity index (χ1v) is 10.1. The predicted molar refractivity (Wildman–Crippen MR) is 113 cm³/mol. The van der Waals surface area contributed by atoms with Crippen LogP contribution in [0.15, 0.2) is 40.7 Å². The van der Waals surface area contributed by atoms with Crippen LogP contribution in [0.1, 0.15) is 44.3 Å². The monoisotopic (exact) mass is 373 g/mol. The highest BCUT2D eigenvalue weighted by Gasteiger charge is 2.14. The van der Waals surface area contributed by atoms with E-state index in [1.54, 1.807) is 18.4 Å². The molecule has 0 fully saturated rings. The molecule has 1 atom stereocenters. The van der Waals surface area contributed by atoms with E-state index in [1.807, 2.05) is 18.2 Å². The number of aromatic nitrogens is 1. The van der Waals surface area contributed by atoms with Gasteiger partial charge in [-0.15, -0.1) is 11.3 Å². The summed E-state index contributed by atoms with van der Waals surface area (Å²) in [6, 6.07) is 10.6. The summed E-state index contributed by atoms with van der Waals surface area (Å²) < 4.78 is 0. The molecule has 0 aliphatic rings. The van der Waals surface area contributed by atoms with E-state index in [1.165, 1.54) is 0 Å². The van der Waals surface area contributed by atoms with E-state index >= 15 is 0 Å². The Balaban J connectivity index is 1.85. The summed E-state index contributed by atoms with van der Waals surface area (Å²) in [4.78, 5) is 8.98. The lowest BCUT2D eigenvalue weighted by Gasteiger charge is -2.25. The van der Waals surface area contributed by atoms with Gasteiger partial charge < -0.3 is 16.0 Å². The molecule has 1 unspecified atom stereocenters. The van der Waals surface area contributed by atoms with Crippen molar-refractivity contribution in [3.63, 3.8) is 0 Å². The van der Waals surface area contributed by atoms with E-state index < -0.39 is 0 Å². The van der Waals surface area contributed by atoms with Crippen LogP contribution in [0.2, 0.25) is 0 Å². The predicted octanol–water partition coefficient (Wildman–Crippen LogP) is 4.07. The van der Waals surface area contributed by atoms with E-state index in [4.69, 9.17) is 0 Å². The third kappa shape index (κ3) is 6.33. The number of thiazole rings is 1. The zero-order valence-electron chi connectivity index (χ0n) is 16.4. The molecule has 0 aliphatic heterocycles. The third-order valence-corrected chi connectivity index (χ3v) is 5.08. The molecule has 1 aromatic heterocycles. The number of hydrogen-bond acceptors (Lipinski definition) is 4. The maximum Gasteiger partial charge on any atom is 0.191 e. The zero-order chi connectivity index (χ0) is 18.9. The van der Waals surface area contributed by atoms with Gasteiger partial charge in [0.25, 0.3) is 0 Å². The summed E-state index contributed by atoms with van der Waals surface area (Å²) in [5.41, 5.74) is 2.29. The van der Waals surface area contributed by atoms with E-state index in [-0.39, 0.29) is 0 Å². The van der Waals surface area contributed by atoms with Gasteiger partial charge in [-0.25, -0.2) is 4.98 Å². The molecule has 2 rings (SSSR count). The maximum atomic E-state index is 4.66. The molecule has 0 spiro atoms. The Morgan fingerprint density at radius 3 is 2.42 bits per heavy atom. The van der Waals surface area contributed by atoms with Crippen LogP contribution in [0.3, 0.4) is 0 Å². The van der Waals surface area contributed by atoms with Gasteiger partial charge in [0, 0.05) is 30.7 Å². The zero-order valence-corrected chi connectivity index (χ0v) is 17.2. The number of nitrogens with zero attached hydrogens (tertiary/aromatic N) is 2. The SMILES string of the molecule is CN=C(NCc1nc(C(C)C)cs1)NCC(Nc1ccccc1)C(C)C. The number of benzene rings is 1. The Bertz CT molecular complexity index is 679. The topological polar surface area (TPSA) is 61.3 Å². The van der Waals surface area contributed by atoms with Crippen molar-refractivity contribution in [2.24, 2.45) is 10.9 Å². The average molecular weight is 374 g/mol. The molecule has 0 amide bonds. The first-order valence-electron chi connectivity index (χ1n) is 9.20. The van der Waals surface area contributed by atoms with Crippen molar-refractivity contribution in [2.45, 2.75) is 46.2 Å². The normalized spacial score (nSPS) is 13.1. The van der Waals surface area contributed by atoms with Gasteiger partial charge in [-0.1, -0.05) is 45.9 Å². The number of hydrogen-bond donors (Lipinski definition) is 3. The minimum Gasteiger partial charge on any atom is -0.380 e. The summed E-state index contributed by atoms with van der Waals surface area (Å²) >= 11 is 1.69. The lowest BCUT2D eigenvalue weighted by Crippen LogP contribution is -2.44. The number of nitrogens with one attached hydrogen (secondary N) is 3. The van der Waals surface area contributed by atoms with Crippen LogP contribution in [0.4, 0.5) is 5.69 Å². The molecule has 0 bridgehead atoms. The van der Waals surface area contributed by atoms with Gasteiger partial charge in [-0.3, -0.25) is 4.99 Å². The molecule has 142 valence electrons. The van der Waals surface area contributed by atoms with Crippen molar-refractivity contribution >= 4 is 23.0 Å². The molecule has 1 heterocycles. The van der Waals surface area contributed by atoms with Crippen molar-refractivity contribution < 1.29 is 0 Å². The Morgan fingerprint density at radius 2 is 1.85 bits per heavy atom. The molecule has 0 saturated heterocycles. The number of aliphatic imine (C=N–C) groups is 1. The van der Waals surface area contributed by atoms with Gasteiger partial charge in [-0.2, -0.15) is 0 Å². The summed E-state index contributed by atoms with van der Waals surface area (Å²) in [6.45, 7) is 10.3. The van der Waals surface area contributed by atoms with Gasteiger partial charge >= 0.3 is 0 Å². The van der Waals surface area contributed by atoms with Crippen LogP contribution in [-0.2, 0) is 6.54 Å². The first kappa shape index (κ1) is 20.2. The minimum atomic E-state index is 0.309. The molecule has 3 N–H and O–H groups in total. The molecule has 0 saturated carbocycles. The fraction of sp³-hybridized carbons (Fsp3) is 0.500.